The summed E-state index contributed by atoms with van der Waals surface area (Å²) < 4.78 is 9.70. The molecule has 0 fully saturated rings. The maximum Gasteiger partial charge on any atom is 0.339 e. The number of rotatable bonds is 7. The van der Waals surface area contributed by atoms with Gasteiger partial charge in [0.05, 0.1) is 25.4 Å². The topological polar surface area (TPSA) is 52.6 Å². The van der Waals surface area contributed by atoms with Crippen molar-refractivity contribution in [1.29, 1.82) is 0 Å². The number of methoxy groups -OCH3 is 2. The lowest BCUT2D eigenvalue weighted by atomic mass is 10.1. The largest absolute Gasteiger partial charge is 0.465 e. The van der Waals surface area contributed by atoms with E-state index in [1.54, 1.807) is 10.8 Å². The molecule has 0 bridgehead atoms. The molecule has 0 N–H and O–H groups in total. The van der Waals surface area contributed by atoms with Crippen LogP contribution in [0, 0.1) is 0 Å². The van der Waals surface area contributed by atoms with Crippen LogP contribution in [0.3, 0.4) is 0 Å². The average molecular weight is 386 g/mol. The first-order valence-corrected chi connectivity index (χ1v) is 9.95. The molecule has 2 rings (SSSR count). The van der Waals surface area contributed by atoms with Crippen LogP contribution < -0.4 is 0 Å². The van der Waals surface area contributed by atoms with Crippen LogP contribution in [-0.2, 0) is 19.1 Å². The second kappa shape index (κ2) is 10.5. The molecule has 0 spiro atoms. The Morgan fingerprint density at radius 3 is 1.35 bits per heavy atom. The van der Waals surface area contributed by atoms with Crippen LogP contribution in [0.5, 0.6) is 0 Å². The van der Waals surface area contributed by atoms with Crippen molar-refractivity contribution >= 4 is 44.7 Å². The lowest BCUT2D eigenvalue weighted by Crippen LogP contribution is -2.03. The maximum atomic E-state index is 12.0. The van der Waals surface area contributed by atoms with E-state index < -0.39 is 11.9 Å². The van der Waals surface area contributed by atoms with Crippen molar-refractivity contribution in [2.45, 2.75) is 0 Å². The van der Waals surface area contributed by atoms with Gasteiger partial charge < -0.3 is 9.47 Å². The number of hydrogen-bond donors (Lipinski definition) is 0. The number of ether oxygens (including phenoxy) is 2. The fraction of sp³-hybridized carbons (Fsp3) is 0.100. The molecule has 0 aliphatic carbocycles. The van der Waals surface area contributed by atoms with Crippen molar-refractivity contribution in [2.75, 3.05) is 14.2 Å². The van der Waals surface area contributed by atoms with Crippen LogP contribution in [0.1, 0.15) is 11.1 Å². The highest BCUT2D eigenvalue weighted by atomic mass is 33.1. The van der Waals surface area contributed by atoms with Gasteiger partial charge in [0.25, 0.3) is 0 Å². The van der Waals surface area contributed by atoms with Crippen molar-refractivity contribution in [1.82, 2.24) is 0 Å². The summed E-state index contributed by atoms with van der Waals surface area (Å²) in [4.78, 5) is 24.0. The number of hydrogen-bond acceptors (Lipinski definition) is 6. The number of benzene rings is 2. The Bertz CT molecular complexity index is 730. The second-order valence-electron chi connectivity index (χ2n) is 4.97. The first-order chi connectivity index (χ1) is 12.7. The average Bonchev–Trinajstić information content (AvgIpc) is 2.71. The van der Waals surface area contributed by atoms with Gasteiger partial charge in [0.15, 0.2) is 0 Å². The highest BCUT2D eigenvalue weighted by molar-refractivity contribution is 8.79. The normalized spacial score (nSPS) is 11.8. The quantitative estimate of drug-likeness (QED) is 0.295. The maximum absolute atomic E-state index is 12.0. The van der Waals surface area contributed by atoms with Crippen LogP contribution in [0.2, 0.25) is 0 Å². The van der Waals surface area contributed by atoms with Crippen molar-refractivity contribution in [3.8, 4) is 0 Å². The van der Waals surface area contributed by atoms with E-state index in [2.05, 4.69) is 0 Å². The minimum atomic E-state index is -0.412. The molecule has 0 amide bonds. The minimum Gasteiger partial charge on any atom is -0.465 e. The summed E-state index contributed by atoms with van der Waals surface area (Å²) in [7, 11) is 5.34. The molecular weight excluding hydrogens is 368 g/mol. The van der Waals surface area contributed by atoms with Crippen LogP contribution >= 0.6 is 21.6 Å². The summed E-state index contributed by atoms with van der Waals surface area (Å²) >= 11 is 0. The van der Waals surface area contributed by atoms with E-state index in [1.807, 2.05) is 60.7 Å². The van der Waals surface area contributed by atoms with Gasteiger partial charge in [-0.2, -0.15) is 0 Å². The molecule has 134 valence electrons. The van der Waals surface area contributed by atoms with E-state index in [-0.39, 0.29) is 0 Å². The standard InChI is InChI=1S/C20H18O4S2/c1-23-19(21)17(15-9-5-3-6-10-15)13-25-26-14-18(20(22)24-2)16-11-7-4-8-12-16/h3-14H,1-2H3/b17-13-,18-14-. The summed E-state index contributed by atoms with van der Waals surface area (Å²) in [6.45, 7) is 0. The number of esters is 2. The van der Waals surface area contributed by atoms with Crippen LogP contribution in [0.25, 0.3) is 11.1 Å². The SMILES string of the molecule is COC(=O)/C(=C\SS/C=C(\C(=O)OC)c1ccccc1)c1ccccc1. The number of carbonyl (C=O) groups is 2. The van der Waals surface area contributed by atoms with Gasteiger partial charge in [0, 0.05) is 0 Å². The van der Waals surface area contributed by atoms with E-state index in [0.29, 0.717) is 11.1 Å². The van der Waals surface area contributed by atoms with Gasteiger partial charge in [-0.25, -0.2) is 9.59 Å². The van der Waals surface area contributed by atoms with E-state index in [4.69, 9.17) is 9.47 Å². The molecule has 0 aliphatic heterocycles. The Morgan fingerprint density at radius 2 is 1.04 bits per heavy atom. The first-order valence-electron chi connectivity index (χ1n) is 7.67. The van der Waals surface area contributed by atoms with E-state index in [1.165, 1.54) is 35.8 Å². The lowest BCUT2D eigenvalue weighted by Gasteiger charge is -2.06. The molecular formula is C20H18O4S2. The van der Waals surface area contributed by atoms with Gasteiger partial charge in [0.1, 0.15) is 0 Å². The molecule has 2 aromatic carbocycles. The Balaban J connectivity index is 2.18. The molecule has 2 aromatic rings. The molecule has 0 aromatic heterocycles. The molecule has 0 aliphatic rings. The van der Waals surface area contributed by atoms with E-state index in [9.17, 15) is 9.59 Å². The van der Waals surface area contributed by atoms with Gasteiger partial charge in [-0.15, -0.1) is 0 Å². The van der Waals surface area contributed by atoms with Crippen molar-refractivity contribution in [3.63, 3.8) is 0 Å². The van der Waals surface area contributed by atoms with Crippen molar-refractivity contribution in [2.24, 2.45) is 0 Å². The third-order valence-corrected chi connectivity index (χ3v) is 5.05. The van der Waals surface area contributed by atoms with Crippen LogP contribution in [0.4, 0.5) is 0 Å². The van der Waals surface area contributed by atoms with Crippen molar-refractivity contribution < 1.29 is 19.1 Å². The highest BCUT2D eigenvalue weighted by Gasteiger charge is 2.13. The Morgan fingerprint density at radius 1 is 0.692 bits per heavy atom. The minimum absolute atomic E-state index is 0.412. The van der Waals surface area contributed by atoms with Gasteiger partial charge in [0.2, 0.25) is 0 Å². The summed E-state index contributed by atoms with van der Waals surface area (Å²) in [6.07, 6.45) is 0. The zero-order chi connectivity index (χ0) is 18.8. The Labute approximate surface area is 160 Å². The lowest BCUT2D eigenvalue weighted by molar-refractivity contribution is -0.134. The molecule has 0 saturated heterocycles. The van der Waals surface area contributed by atoms with Crippen LogP contribution in [0.15, 0.2) is 71.5 Å². The Hall–Kier alpha value is -2.44. The predicted octanol–water partition coefficient (Wildman–Crippen LogP) is 4.80. The smallest absolute Gasteiger partial charge is 0.339 e. The summed E-state index contributed by atoms with van der Waals surface area (Å²) in [5, 5.41) is 3.42. The summed E-state index contributed by atoms with van der Waals surface area (Å²) in [6, 6.07) is 18.5. The van der Waals surface area contributed by atoms with Gasteiger partial charge in [-0.3, -0.25) is 0 Å². The van der Waals surface area contributed by atoms with Gasteiger partial charge in [-0.1, -0.05) is 82.3 Å². The molecule has 4 nitrogen and oxygen atoms in total. The molecule has 26 heavy (non-hydrogen) atoms. The molecule has 0 saturated carbocycles. The van der Waals surface area contributed by atoms with Crippen molar-refractivity contribution in [3.05, 3.63) is 82.6 Å². The highest BCUT2D eigenvalue weighted by Crippen LogP contribution is 2.32. The predicted molar refractivity (Wildman–Crippen MR) is 108 cm³/mol. The van der Waals surface area contributed by atoms with Gasteiger partial charge >= 0.3 is 11.9 Å². The number of carbonyl (C=O) groups excluding carboxylic acids is 2. The monoisotopic (exact) mass is 386 g/mol. The first kappa shape index (κ1) is 19.9. The third-order valence-electron chi connectivity index (χ3n) is 3.37. The van der Waals surface area contributed by atoms with E-state index in [0.717, 1.165) is 11.1 Å². The third kappa shape index (κ3) is 5.54. The molecule has 0 unspecified atom stereocenters. The summed E-state index contributed by atoms with van der Waals surface area (Å²) in [5.74, 6) is -0.825. The zero-order valence-corrected chi connectivity index (χ0v) is 16.0. The molecule has 0 atom stereocenters. The van der Waals surface area contributed by atoms with E-state index >= 15 is 0 Å². The molecule has 0 heterocycles. The zero-order valence-electron chi connectivity index (χ0n) is 14.4. The Kier molecular flexibility index (Phi) is 8.05. The fourth-order valence-electron chi connectivity index (χ4n) is 2.08. The summed E-state index contributed by atoms with van der Waals surface area (Å²) in [5.41, 5.74) is 2.46. The molecule has 0 radical (unpaired) electrons. The van der Waals surface area contributed by atoms with Gasteiger partial charge in [-0.05, 0) is 21.9 Å². The van der Waals surface area contributed by atoms with Crippen LogP contribution in [-0.4, -0.2) is 26.2 Å². The molecule has 6 heteroatoms. The second-order valence-corrected chi connectivity index (χ2v) is 6.98. The fourth-order valence-corrected chi connectivity index (χ4v) is 3.75.